The number of rotatable bonds is 4. The third-order valence-electron chi connectivity index (χ3n) is 6.72. The van der Waals surface area contributed by atoms with Gasteiger partial charge in [-0.15, -0.1) is 0 Å². The number of alkyl halides is 3. The van der Waals surface area contributed by atoms with E-state index in [9.17, 15) is 27.5 Å². The van der Waals surface area contributed by atoms with Gasteiger partial charge < -0.3 is 10.0 Å². The summed E-state index contributed by atoms with van der Waals surface area (Å²) < 4.78 is 52.3. The molecule has 1 amide bonds. The number of nitrogens with zero attached hydrogens (tertiary/aromatic N) is 3. The van der Waals surface area contributed by atoms with Gasteiger partial charge in [0, 0.05) is 24.1 Å². The molecule has 1 aliphatic carbocycles. The fraction of sp³-hybridized carbons (Fsp3) is 0.571. The Morgan fingerprint density at radius 3 is 2.45 bits per heavy atom. The number of aliphatic hydroxyl groups is 1. The lowest BCUT2D eigenvalue weighted by Crippen LogP contribution is -2.59. The molecule has 31 heavy (non-hydrogen) atoms. The number of benzene rings is 1. The van der Waals surface area contributed by atoms with Crippen LogP contribution in [0, 0.1) is 17.7 Å². The van der Waals surface area contributed by atoms with Gasteiger partial charge in [-0.3, -0.25) is 9.89 Å². The van der Waals surface area contributed by atoms with Gasteiger partial charge in [0.15, 0.2) is 5.82 Å². The van der Waals surface area contributed by atoms with Gasteiger partial charge >= 0.3 is 6.18 Å². The third kappa shape index (κ3) is 3.71. The van der Waals surface area contributed by atoms with E-state index in [1.54, 1.807) is 12.1 Å². The highest BCUT2D eigenvalue weighted by Gasteiger charge is 2.59. The minimum Gasteiger partial charge on any atom is -0.373 e. The number of H-pyrrole nitrogens is 1. The standard InChI is InChI=1S/C21H24F4N4O2/c1-12-11-29(18(30)19(2,31)21(23,24)25)10-7-15(12)20(8-9-20)17-26-16(27-28-17)13-3-5-14(22)6-4-13/h3-6,12,15,31H,7-11H2,1-2H3,(H,26,27,28)/t12-,15+,19?/m0/s1. The maximum atomic E-state index is 13.2. The number of likely N-dealkylation sites (tertiary alicyclic amines) is 1. The SMILES string of the molecule is C[C@H]1CN(C(=O)C(C)(O)C(F)(F)F)CC[C@H]1C1(c2nc(-c3ccc(F)cc3)n[nH]2)CC1. The molecule has 2 N–H and O–H groups in total. The zero-order valence-corrected chi connectivity index (χ0v) is 17.2. The number of piperidine rings is 1. The Balaban J connectivity index is 1.49. The summed E-state index contributed by atoms with van der Waals surface area (Å²) in [6.07, 6.45) is -2.78. The molecule has 10 heteroatoms. The second-order valence-corrected chi connectivity index (χ2v) is 8.86. The Morgan fingerprint density at radius 1 is 1.26 bits per heavy atom. The smallest absolute Gasteiger partial charge is 0.373 e. The summed E-state index contributed by atoms with van der Waals surface area (Å²) in [7, 11) is 0. The van der Waals surface area contributed by atoms with Crippen molar-refractivity contribution in [1.29, 1.82) is 0 Å². The van der Waals surface area contributed by atoms with Crippen LogP contribution in [0.1, 0.15) is 38.9 Å². The Hall–Kier alpha value is -2.49. The first kappa shape index (κ1) is 21.7. The van der Waals surface area contributed by atoms with Crippen LogP contribution in [0.3, 0.4) is 0 Å². The summed E-state index contributed by atoms with van der Waals surface area (Å²) in [4.78, 5) is 18.1. The van der Waals surface area contributed by atoms with Gasteiger partial charge in [-0.1, -0.05) is 6.92 Å². The fourth-order valence-corrected chi connectivity index (χ4v) is 4.71. The molecule has 168 valence electrons. The highest BCUT2D eigenvalue weighted by atomic mass is 19.4. The molecule has 2 heterocycles. The number of amides is 1. The average molecular weight is 440 g/mol. The van der Waals surface area contributed by atoms with Gasteiger partial charge in [0.1, 0.15) is 11.6 Å². The van der Waals surface area contributed by atoms with E-state index in [0.29, 0.717) is 30.6 Å². The molecule has 1 aliphatic heterocycles. The van der Waals surface area contributed by atoms with Crippen LogP contribution in [0.25, 0.3) is 11.4 Å². The van der Waals surface area contributed by atoms with Gasteiger partial charge in [0.2, 0.25) is 5.60 Å². The topological polar surface area (TPSA) is 82.1 Å². The highest BCUT2D eigenvalue weighted by Crippen LogP contribution is 2.57. The summed E-state index contributed by atoms with van der Waals surface area (Å²) in [5.74, 6) is -0.454. The molecule has 2 aliphatic rings. The van der Waals surface area contributed by atoms with Crippen LogP contribution in [-0.4, -0.2) is 56.0 Å². The van der Waals surface area contributed by atoms with E-state index >= 15 is 0 Å². The first-order valence-electron chi connectivity index (χ1n) is 10.2. The van der Waals surface area contributed by atoms with Crippen molar-refractivity contribution < 1.29 is 27.5 Å². The van der Waals surface area contributed by atoms with Crippen molar-refractivity contribution in [1.82, 2.24) is 20.1 Å². The number of carbonyl (C=O) groups excluding carboxylic acids is 1. The molecular formula is C21H24F4N4O2. The first-order chi connectivity index (χ1) is 14.5. The van der Waals surface area contributed by atoms with E-state index in [4.69, 9.17) is 0 Å². The molecule has 1 aromatic carbocycles. The largest absolute Gasteiger partial charge is 0.426 e. The zero-order valence-electron chi connectivity index (χ0n) is 17.2. The molecule has 0 bridgehead atoms. The number of hydrogen-bond acceptors (Lipinski definition) is 4. The number of aromatic amines is 1. The van der Waals surface area contributed by atoms with Crippen molar-refractivity contribution in [2.75, 3.05) is 13.1 Å². The Labute approximate surface area is 176 Å². The highest BCUT2D eigenvalue weighted by molar-refractivity contribution is 5.85. The lowest BCUT2D eigenvalue weighted by molar-refractivity contribution is -0.251. The summed E-state index contributed by atoms with van der Waals surface area (Å²) in [5, 5.41) is 17.0. The molecule has 1 aromatic heterocycles. The number of nitrogens with one attached hydrogen (secondary N) is 1. The zero-order chi connectivity index (χ0) is 22.6. The maximum Gasteiger partial charge on any atom is 0.426 e. The van der Waals surface area contributed by atoms with Gasteiger partial charge in [-0.25, -0.2) is 9.37 Å². The Morgan fingerprint density at radius 2 is 1.90 bits per heavy atom. The van der Waals surface area contributed by atoms with Gasteiger partial charge in [-0.2, -0.15) is 18.3 Å². The second-order valence-electron chi connectivity index (χ2n) is 8.86. The van der Waals surface area contributed by atoms with E-state index in [0.717, 1.165) is 17.7 Å². The molecule has 2 aromatic rings. The predicted molar refractivity (Wildman–Crippen MR) is 103 cm³/mol. The summed E-state index contributed by atoms with van der Waals surface area (Å²) in [5.41, 5.74) is -2.97. The van der Waals surface area contributed by atoms with Crippen molar-refractivity contribution in [2.24, 2.45) is 11.8 Å². The lowest BCUT2D eigenvalue weighted by Gasteiger charge is -2.42. The molecular weight excluding hydrogens is 416 g/mol. The minimum atomic E-state index is -5.03. The fourth-order valence-electron chi connectivity index (χ4n) is 4.71. The number of hydrogen-bond donors (Lipinski definition) is 2. The van der Waals surface area contributed by atoms with Gasteiger partial charge in [0.05, 0.1) is 0 Å². The van der Waals surface area contributed by atoms with Crippen molar-refractivity contribution in [3.63, 3.8) is 0 Å². The average Bonchev–Trinajstić information content (AvgIpc) is 3.35. The molecule has 1 saturated carbocycles. The molecule has 1 saturated heterocycles. The van der Waals surface area contributed by atoms with Gasteiger partial charge in [-0.05, 0) is 62.3 Å². The monoisotopic (exact) mass is 440 g/mol. The number of aromatic nitrogens is 3. The lowest BCUT2D eigenvalue weighted by atomic mass is 9.74. The third-order valence-corrected chi connectivity index (χ3v) is 6.72. The Kier molecular flexibility index (Phi) is 5.11. The van der Waals surface area contributed by atoms with E-state index in [1.165, 1.54) is 12.1 Å². The molecule has 0 spiro atoms. The number of carbonyl (C=O) groups is 1. The van der Waals surface area contributed by atoms with E-state index in [-0.39, 0.29) is 36.2 Å². The van der Waals surface area contributed by atoms with Crippen molar-refractivity contribution in [3.05, 3.63) is 35.9 Å². The van der Waals surface area contributed by atoms with Crippen molar-refractivity contribution in [3.8, 4) is 11.4 Å². The van der Waals surface area contributed by atoms with Gasteiger partial charge in [0.25, 0.3) is 5.91 Å². The van der Waals surface area contributed by atoms with Crippen molar-refractivity contribution in [2.45, 2.75) is 50.3 Å². The normalized spacial score (nSPS) is 25.2. The molecule has 2 fully saturated rings. The molecule has 1 unspecified atom stereocenters. The summed E-state index contributed by atoms with van der Waals surface area (Å²) in [6.45, 7) is 2.68. The second kappa shape index (κ2) is 7.29. The van der Waals surface area contributed by atoms with E-state index in [1.807, 2.05) is 6.92 Å². The van der Waals surface area contributed by atoms with Crippen LogP contribution >= 0.6 is 0 Å². The van der Waals surface area contributed by atoms with Crippen LogP contribution in [0.4, 0.5) is 17.6 Å². The molecule has 6 nitrogen and oxygen atoms in total. The van der Waals surface area contributed by atoms with Crippen LogP contribution in [0.5, 0.6) is 0 Å². The van der Waals surface area contributed by atoms with Crippen LogP contribution < -0.4 is 0 Å². The minimum absolute atomic E-state index is 0.0800. The maximum absolute atomic E-state index is 13.2. The Bertz CT molecular complexity index is 967. The summed E-state index contributed by atoms with van der Waals surface area (Å²) >= 11 is 0. The predicted octanol–water partition coefficient (Wildman–Crippen LogP) is 3.44. The van der Waals surface area contributed by atoms with Crippen LogP contribution in [0.2, 0.25) is 0 Å². The van der Waals surface area contributed by atoms with Crippen LogP contribution in [-0.2, 0) is 10.2 Å². The molecule has 4 rings (SSSR count). The molecule has 3 atom stereocenters. The quantitative estimate of drug-likeness (QED) is 0.714. The first-order valence-corrected chi connectivity index (χ1v) is 10.2. The van der Waals surface area contributed by atoms with E-state index in [2.05, 4.69) is 15.2 Å². The summed E-state index contributed by atoms with van der Waals surface area (Å²) in [6, 6.07) is 5.87. The number of halogens is 4. The van der Waals surface area contributed by atoms with Crippen molar-refractivity contribution >= 4 is 5.91 Å². The van der Waals surface area contributed by atoms with E-state index < -0.39 is 17.7 Å². The molecule has 0 radical (unpaired) electrons. The van der Waals surface area contributed by atoms with Crippen LogP contribution in [0.15, 0.2) is 24.3 Å².